The molecule has 0 bridgehead atoms. The van der Waals surface area contributed by atoms with Crippen LogP contribution in [0, 0.1) is 12.7 Å². The van der Waals surface area contributed by atoms with E-state index in [1.807, 2.05) is 6.92 Å². The molecule has 1 aliphatic rings. The molecule has 3 rings (SSSR count). The van der Waals surface area contributed by atoms with Gasteiger partial charge in [-0.3, -0.25) is 4.79 Å². The van der Waals surface area contributed by atoms with Gasteiger partial charge in [-0.05, 0) is 49.5 Å². The van der Waals surface area contributed by atoms with Crippen LogP contribution in [-0.2, 0) is 0 Å². The number of nitrogens with one attached hydrogen (secondary N) is 1. The third kappa shape index (κ3) is 2.14. The summed E-state index contributed by atoms with van der Waals surface area (Å²) in [5, 5.41) is 1.36. The van der Waals surface area contributed by atoms with Gasteiger partial charge in [0.2, 0.25) is 0 Å². The van der Waals surface area contributed by atoms with Gasteiger partial charge in [0, 0.05) is 18.2 Å². The predicted molar refractivity (Wildman–Crippen MR) is 78.7 cm³/mol. The average molecular weight is 274 g/mol. The molecule has 1 fully saturated rings. The lowest BCUT2D eigenvalue weighted by Crippen LogP contribution is -2.20. The number of aromatic amines is 1. The topological polar surface area (TPSA) is 36.1 Å². The van der Waals surface area contributed by atoms with Crippen LogP contribution < -0.4 is 5.56 Å². The van der Waals surface area contributed by atoms with Crippen LogP contribution in [0.3, 0.4) is 0 Å². The van der Waals surface area contributed by atoms with Gasteiger partial charge >= 0.3 is 0 Å². The molecule has 20 heavy (non-hydrogen) atoms. The number of aromatic nitrogens is 1. The van der Waals surface area contributed by atoms with Crippen molar-refractivity contribution in [2.75, 3.05) is 19.6 Å². The Morgan fingerprint density at radius 2 is 2.20 bits per heavy atom. The highest BCUT2D eigenvalue weighted by atomic mass is 19.1. The van der Waals surface area contributed by atoms with Gasteiger partial charge in [-0.25, -0.2) is 4.39 Å². The molecule has 0 amide bonds. The van der Waals surface area contributed by atoms with E-state index < -0.39 is 0 Å². The molecule has 0 radical (unpaired) electrons. The fourth-order valence-corrected chi connectivity index (χ4v) is 3.33. The molecule has 1 saturated heterocycles. The Morgan fingerprint density at radius 1 is 1.40 bits per heavy atom. The Morgan fingerprint density at radius 3 is 2.90 bits per heavy atom. The summed E-state index contributed by atoms with van der Waals surface area (Å²) < 4.78 is 13.4. The zero-order chi connectivity index (χ0) is 14.3. The first-order valence-corrected chi connectivity index (χ1v) is 7.14. The van der Waals surface area contributed by atoms with Gasteiger partial charge in [-0.1, -0.05) is 13.0 Å². The number of hydrogen-bond acceptors (Lipinski definition) is 2. The molecule has 1 unspecified atom stereocenters. The molecule has 1 atom stereocenters. The quantitative estimate of drug-likeness (QED) is 0.914. The van der Waals surface area contributed by atoms with Crippen molar-refractivity contribution in [3.8, 4) is 0 Å². The maximum absolute atomic E-state index is 13.4. The number of fused-ring (bicyclic) bond motifs is 1. The summed E-state index contributed by atoms with van der Waals surface area (Å²) in [6.07, 6.45) is 1.09. The maximum atomic E-state index is 13.4. The van der Waals surface area contributed by atoms with Gasteiger partial charge in [-0.15, -0.1) is 0 Å². The maximum Gasteiger partial charge on any atom is 0.256 e. The van der Waals surface area contributed by atoms with E-state index >= 15 is 0 Å². The lowest BCUT2D eigenvalue weighted by molar-refractivity contribution is 0.354. The first-order chi connectivity index (χ1) is 9.60. The Balaban J connectivity index is 2.18. The lowest BCUT2D eigenvalue weighted by Gasteiger charge is -2.17. The molecule has 0 saturated carbocycles. The lowest BCUT2D eigenvalue weighted by atomic mass is 9.92. The Kier molecular flexibility index (Phi) is 3.34. The van der Waals surface area contributed by atoms with E-state index in [9.17, 15) is 9.18 Å². The van der Waals surface area contributed by atoms with Crippen molar-refractivity contribution in [1.82, 2.24) is 9.88 Å². The van der Waals surface area contributed by atoms with E-state index in [0.29, 0.717) is 11.3 Å². The molecular weight excluding hydrogens is 255 g/mol. The van der Waals surface area contributed by atoms with Crippen molar-refractivity contribution >= 4 is 10.8 Å². The van der Waals surface area contributed by atoms with Gasteiger partial charge in [0.15, 0.2) is 0 Å². The molecule has 2 heterocycles. The van der Waals surface area contributed by atoms with Crippen LogP contribution in [0.1, 0.15) is 30.5 Å². The van der Waals surface area contributed by atoms with E-state index in [2.05, 4.69) is 16.8 Å². The first-order valence-electron chi connectivity index (χ1n) is 7.14. The average Bonchev–Trinajstić information content (AvgIpc) is 2.88. The van der Waals surface area contributed by atoms with Gasteiger partial charge < -0.3 is 9.88 Å². The molecule has 4 heteroatoms. The fourth-order valence-electron chi connectivity index (χ4n) is 3.33. The minimum atomic E-state index is -0.362. The summed E-state index contributed by atoms with van der Waals surface area (Å²) in [6.45, 7) is 7.24. The monoisotopic (exact) mass is 274 g/mol. The van der Waals surface area contributed by atoms with Crippen molar-refractivity contribution in [2.45, 2.75) is 26.2 Å². The van der Waals surface area contributed by atoms with Crippen molar-refractivity contribution in [1.29, 1.82) is 0 Å². The summed E-state index contributed by atoms with van der Waals surface area (Å²) >= 11 is 0. The van der Waals surface area contributed by atoms with Crippen LogP contribution in [0.5, 0.6) is 0 Å². The van der Waals surface area contributed by atoms with Gasteiger partial charge in [-0.2, -0.15) is 0 Å². The van der Waals surface area contributed by atoms with Crippen molar-refractivity contribution in [3.63, 3.8) is 0 Å². The number of rotatable bonds is 2. The van der Waals surface area contributed by atoms with Crippen LogP contribution >= 0.6 is 0 Å². The zero-order valence-corrected chi connectivity index (χ0v) is 11.9. The second-order valence-corrected chi connectivity index (χ2v) is 5.56. The number of halogens is 1. The highest BCUT2D eigenvalue weighted by molar-refractivity contribution is 5.86. The Bertz CT molecular complexity index is 707. The smallest absolute Gasteiger partial charge is 0.256 e. The molecule has 3 nitrogen and oxygen atoms in total. The third-order valence-electron chi connectivity index (χ3n) is 4.35. The minimum Gasteiger partial charge on any atom is -0.326 e. The highest BCUT2D eigenvalue weighted by Gasteiger charge is 2.26. The van der Waals surface area contributed by atoms with E-state index in [-0.39, 0.29) is 11.4 Å². The van der Waals surface area contributed by atoms with E-state index in [1.54, 1.807) is 6.07 Å². The summed E-state index contributed by atoms with van der Waals surface area (Å²) in [5.74, 6) is 0.0548. The van der Waals surface area contributed by atoms with Crippen LogP contribution in [0.2, 0.25) is 0 Å². The highest BCUT2D eigenvalue weighted by Crippen LogP contribution is 2.33. The Hall–Kier alpha value is -1.68. The molecule has 1 aromatic heterocycles. The molecule has 1 N–H and O–H groups in total. The van der Waals surface area contributed by atoms with Gasteiger partial charge in [0.25, 0.3) is 5.56 Å². The molecule has 0 aliphatic carbocycles. The molecule has 1 aromatic carbocycles. The number of H-pyrrole nitrogens is 1. The van der Waals surface area contributed by atoms with Crippen LogP contribution in [-0.4, -0.2) is 29.5 Å². The number of aryl methyl sites for hydroxylation is 1. The SMILES string of the molecule is CCN1CCC(c2c(C)[nH]c(=O)c3cc(F)ccc23)C1. The zero-order valence-electron chi connectivity index (χ0n) is 11.9. The minimum absolute atomic E-state index is 0.203. The first kappa shape index (κ1) is 13.3. The third-order valence-corrected chi connectivity index (χ3v) is 4.35. The van der Waals surface area contributed by atoms with E-state index in [0.717, 1.165) is 37.1 Å². The largest absolute Gasteiger partial charge is 0.326 e. The van der Waals surface area contributed by atoms with E-state index in [4.69, 9.17) is 0 Å². The number of likely N-dealkylation sites (tertiary alicyclic amines) is 1. The van der Waals surface area contributed by atoms with Crippen LogP contribution in [0.4, 0.5) is 4.39 Å². The number of hydrogen-bond donors (Lipinski definition) is 1. The summed E-state index contributed by atoms with van der Waals surface area (Å²) in [6, 6.07) is 4.53. The molecule has 106 valence electrons. The number of nitrogens with zero attached hydrogens (tertiary/aromatic N) is 1. The summed E-state index contributed by atoms with van der Waals surface area (Å²) in [7, 11) is 0. The second-order valence-electron chi connectivity index (χ2n) is 5.56. The predicted octanol–water partition coefficient (Wildman–Crippen LogP) is 2.78. The van der Waals surface area contributed by atoms with Gasteiger partial charge in [0.1, 0.15) is 5.82 Å². The molecule has 0 spiro atoms. The number of pyridine rings is 1. The fraction of sp³-hybridized carbons (Fsp3) is 0.438. The van der Waals surface area contributed by atoms with Crippen molar-refractivity contribution in [2.24, 2.45) is 0 Å². The van der Waals surface area contributed by atoms with E-state index in [1.165, 1.54) is 17.7 Å². The standard InChI is InChI=1S/C16H19FN2O/c1-3-19-7-6-11(9-19)15-10(2)18-16(20)14-8-12(17)4-5-13(14)15/h4-5,8,11H,3,6-7,9H2,1-2H3,(H,18,20). The number of benzene rings is 1. The normalized spacial score (nSPS) is 19.9. The number of likely N-dealkylation sites (N-methyl/N-ethyl adjacent to an activating group) is 1. The van der Waals surface area contributed by atoms with Gasteiger partial charge in [0.05, 0.1) is 5.39 Å². The summed E-state index contributed by atoms with van der Waals surface area (Å²) in [4.78, 5) is 17.3. The summed E-state index contributed by atoms with van der Waals surface area (Å²) in [5.41, 5.74) is 1.89. The van der Waals surface area contributed by atoms with Crippen LogP contribution in [0.15, 0.2) is 23.0 Å². The Labute approximate surface area is 117 Å². The van der Waals surface area contributed by atoms with Crippen molar-refractivity contribution < 1.29 is 4.39 Å². The molecule has 1 aliphatic heterocycles. The molecule has 2 aromatic rings. The van der Waals surface area contributed by atoms with Crippen LogP contribution in [0.25, 0.3) is 10.8 Å². The molecular formula is C16H19FN2O. The van der Waals surface area contributed by atoms with Crippen molar-refractivity contribution in [3.05, 3.63) is 45.6 Å². The second kappa shape index (κ2) is 5.02.